The van der Waals surface area contributed by atoms with Crippen LogP contribution in [0.5, 0.6) is 0 Å². The number of aromatic amines is 1. The average Bonchev–Trinajstić information content (AvgIpc) is 2.72. The zero-order valence-corrected chi connectivity index (χ0v) is 10.3. The van der Waals surface area contributed by atoms with Crippen LogP contribution in [0.1, 0.15) is 12.8 Å². The third-order valence-corrected chi connectivity index (χ3v) is 2.96. The summed E-state index contributed by atoms with van der Waals surface area (Å²) in [6.07, 6.45) is 5.86. The number of aromatic nitrogens is 3. The molecule has 1 aliphatic heterocycles. The summed E-state index contributed by atoms with van der Waals surface area (Å²) in [5.41, 5.74) is 1.95. The van der Waals surface area contributed by atoms with Crippen LogP contribution >= 0.6 is 12.4 Å². The van der Waals surface area contributed by atoms with E-state index in [-0.39, 0.29) is 12.4 Å². The largest absolute Gasteiger partial charge is 0.353 e. The summed E-state index contributed by atoms with van der Waals surface area (Å²) in [6.45, 7) is 2.17. The Morgan fingerprint density at radius 3 is 2.88 bits per heavy atom. The van der Waals surface area contributed by atoms with E-state index in [0.717, 1.165) is 42.9 Å². The van der Waals surface area contributed by atoms with Crippen LogP contribution in [0.3, 0.4) is 0 Å². The van der Waals surface area contributed by atoms with E-state index >= 15 is 0 Å². The van der Waals surface area contributed by atoms with Crippen molar-refractivity contribution in [1.82, 2.24) is 20.3 Å². The second-order valence-electron chi connectivity index (χ2n) is 4.15. The quantitative estimate of drug-likeness (QED) is 0.760. The van der Waals surface area contributed by atoms with E-state index in [2.05, 4.69) is 25.6 Å². The molecule has 17 heavy (non-hydrogen) atoms. The van der Waals surface area contributed by atoms with E-state index in [1.165, 1.54) is 0 Å². The fraction of sp³-hybridized carbons (Fsp3) is 0.455. The second-order valence-corrected chi connectivity index (χ2v) is 4.15. The molecule has 0 atom stereocenters. The van der Waals surface area contributed by atoms with E-state index in [1.807, 2.05) is 6.07 Å². The highest BCUT2D eigenvalue weighted by molar-refractivity contribution is 5.85. The molecule has 2 aromatic heterocycles. The topological polar surface area (TPSA) is 65.6 Å². The summed E-state index contributed by atoms with van der Waals surface area (Å²) in [5.74, 6) is 0.856. The molecule has 1 saturated heterocycles. The Bertz CT molecular complexity index is 444. The molecule has 92 valence electrons. The van der Waals surface area contributed by atoms with Gasteiger partial charge in [0, 0.05) is 12.2 Å². The fourth-order valence-electron chi connectivity index (χ4n) is 2.08. The van der Waals surface area contributed by atoms with Gasteiger partial charge in [-0.05, 0) is 32.0 Å². The maximum absolute atomic E-state index is 4.48. The lowest BCUT2D eigenvalue weighted by Gasteiger charge is -2.23. The molecule has 3 rings (SSSR count). The summed E-state index contributed by atoms with van der Waals surface area (Å²) in [4.78, 5) is 11.8. The van der Waals surface area contributed by atoms with Gasteiger partial charge in [-0.1, -0.05) is 0 Å². The second kappa shape index (κ2) is 5.33. The van der Waals surface area contributed by atoms with Gasteiger partial charge in [-0.3, -0.25) is 4.98 Å². The number of halogens is 1. The highest BCUT2D eigenvalue weighted by Gasteiger charge is 2.13. The minimum absolute atomic E-state index is 0. The monoisotopic (exact) mass is 253 g/mol. The molecule has 6 heteroatoms. The molecule has 3 N–H and O–H groups in total. The summed E-state index contributed by atoms with van der Waals surface area (Å²) in [6, 6.07) is 2.44. The molecule has 0 radical (unpaired) electrons. The standard InChI is InChI=1S/C11H15N5.ClH/c1-4-12-5-2-8(1)14-11-15-9-3-6-13-7-10(9)16-11;/h3,6-8,12H,1-2,4-5H2,(H2,14,15,16);1H. The molecule has 5 nitrogen and oxygen atoms in total. The smallest absolute Gasteiger partial charge is 0.201 e. The van der Waals surface area contributed by atoms with Gasteiger partial charge >= 0.3 is 0 Å². The molecule has 0 unspecified atom stereocenters. The number of nitrogens with zero attached hydrogens (tertiary/aromatic N) is 2. The molecule has 1 fully saturated rings. The van der Waals surface area contributed by atoms with Crippen LogP contribution in [0.25, 0.3) is 11.0 Å². The Hall–Kier alpha value is -1.33. The van der Waals surface area contributed by atoms with Crippen molar-refractivity contribution in [2.24, 2.45) is 0 Å². The lowest BCUT2D eigenvalue weighted by Crippen LogP contribution is -2.35. The van der Waals surface area contributed by atoms with Crippen LogP contribution in [0.2, 0.25) is 0 Å². The number of H-pyrrole nitrogens is 1. The molecule has 0 spiro atoms. The van der Waals surface area contributed by atoms with Gasteiger partial charge in [0.05, 0.1) is 17.2 Å². The van der Waals surface area contributed by atoms with E-state index < -0.39 is 0 Å². The number of fused-ring (bicyclic) bond motifs is 1. The van der Waals surface area contributed by atoms with Gasteiger partial charge in [-0.25, -0.2) is 4.98 Å². The maximum Gasteiger partial charge on any atom is 0.201 e. The molecule has 0 amide bonds. The van der Waals surface area contributed by atoms with Crippen molar-refractivity contribution in [3.63, 3.8) is 0 Å². The van der Waals surface area contributed by atoms with Crippen LogP contribution in [0.4, 0.5) is 5.95 Å². The van der Waals surface area contributed by atoms with Gasteiger partial charge in [0.15, 0.2) is 0 Å². The molecule has 3 heterocycles. The first kappa shape index (κ1) is 12.1. The Kier molecular flexibility index (Phi) is 3.81. The van der Waals surface area contributed by atoms with E-state index in [0.29, 0.717) is 6.04 Å². The first-order chi connectivity index (χ1) is 7.92. The van der Waals surface area contributed by atoms with Crippen molar-refractivity contribution < 1.29 is 0 Å². The Labute approximate surface area is 106 Å². The average molecular weight is 254 g/mol. The number of pyridine rings is 1. The number of imidazole rings is 1. The fourth-order valence-corrected chi connectivity index (χ4v) is 2.08. The van der Waals surface area contributed by atoms with Crippen molar-refractivity contribution in [1.29, 1.82) is 0 Å². The third-order valence-electron chi connectivity index (χ3n) is 2.96. The molecule has 0 aromatic carbocycles. The highest BCUT2D eigenvalue weighted by Crippen LogP contribution is 2.15. The minimum Gasteiger partial charge on any atom is -0.353 e. The normalized spacial score (nSPS) is 16.7. The van der Waals surface area contributed by atoms with E-state index in [4.69, 9.17) is 0 Å². The predicted molar refractivity (Wildman–Crippen MR) is 70.7 cm³/mol. The van der Waals surface area contributed by atoms with Crippen LogP contribution in [0, 0.1) is 0 Å². The number of anilines is 1. The van der Waals surface area contributed by atoms with Gasteiger partial charge in [-0.2, -0.15) is 0 Å². The van der Waals surface area contributed by atoms with Crippen molar-refractivity contribution in [3.05, 3.63) is 18.5 Å². The molecular weight excluding hydrogens is 238 g/mol. The van der Waals surface area contributed by atoms with E-state index in [9.17, 15) is 0 Å². The van der Waals surface area contributed by atoms with Crippen LogP contribution in [0.15, 0.2) is 18.5 Å². The number of nitrogens with one attached hydrogen (secondary N) is 3. The molecule has 2 aromatic rings. The predicted octanol–water partition coefficient (Wildman–Crippen LogP) is 1.54. The number of hydrogen-bond acceptors (Lipinski definition) is 4. The van der Waals surface area contributed by atoms with Crippen LogP contribution in [-0.2, 0) is 0 Å². The minimum atomic E-state index is 0. The van der Waals surface area contributed by atoms with Gasteiger partial charge in [0.1, 0.15) is 0 Å². The number of piperidine rings is 1. The van der Waals surface area contributed by atoms with Crippen LogP contribution in [-0.4, -0.2) is 34.1 Å². The molecule has 0 saturated carbocycles. The SMILES string of the molecule is Cl.c1cc2nc(NC3CCNCC3)[nH]c2cn1. The number of hydrogen-bond donors (Lipinski definition) is 3. The third kappa shape index (κ3) is 2.68. The maximum atomic E-state index is 4.48. The Morgan fingerprint density at radius 1 is 1.29 bits per heavy atom. The zero-order valence-electron chi connectivity index (χ0n) is 9.44. The van der Waals surface area contributed by atoms with Gasteiger partial charge < -0.3 is 15.6 Å². The highest BCUT2D eigenvalue weighted by atomic mass is 35.5. The number of rotatable bonds is 2. The molecule has 0 aliphatic carbocycles. The van der Waals surface area contributed by atoms with Gasteiger partial charge in [0.2, 0.25) is 5.95 Å². The Balaban J connectivity index is 0.00000108. The lowest BCUT2D eigenvalue weighted by atomic mass is 10.1. The summed E-state index contributed by atoms with van der Waals surface area (Å²) in [7, 11) is 0. The molecule has 1 aliphatic rings. The first-order valence-electron chi connectivity index (χ1n) is 5.69. The summed E-state index contributed by atoms with van der Waals surface area (Å²) in [5, 5.41) is 6.78. The Morgan fingerprint density at radius 2 is 2.12 bits per heavy atom. The van der Waals surface area contributed by atoms with Crippen LogP contribution < -0.4 is 10.6 Å². The van der Waals surface area contributed by atoms with Crippen molar-refractivity contribution in [3.8, 4) is 0 Å². The van der Waals surface area contributed by atoms with Crippen molar-refractivity contribution in [2.45, 2.75) is 18.9 Å². The summed E-state index contributed by atoms with van der Waals surface area (Å²) >= 11 is 0. The zero-order chi connectivity index (χ0) is 10.8. The van der Waals surface area contributed by atoms with Crippen molar-refractivity contribution in [2.75, 3.05) is 18.4 Å². The van der Waals surface area contributed by atoms with Gasteiger partial charge in [0.25, 0.3) is 0 Å². The van der Waals surface area contributed by atoms with Crippen molar-refractivity contribution >= 4 is 29.4 Å². The molecular formula is C11H16ClN5. The van der Waals surface area contributed by atoms with Gasteiger partial charge in [-0.15, -0.1) is 12.4 Å². The molecule has 0 bridgehead atoms. The van der Waals surface area contributed by atoms with E-state index in [1.54, 1.807) is 12.4 Å². The summed E-state index contributed by atoms with van der Waals surface area (Å²) < 4.78 is 0. The first-order valence-corrected chi connectivity index (χ1v) is 5.69. The lowest BCUT2D eigenvalue weighted by molar-refractivity contribution is 0.477.